The van der Waals surface area contributed by atoms with Crippen molar-refractivity contribution < 1.29 is 0 Å². The van der Waals surface area contributed by atoms with Crippen LogP contribution in [0.5, 0.6) is 0 Å². The smallest absolute Gasteiger partial charge is 0.0358 e. The molecular formula is C50H36S. The molecule has 0 aliphatic heterocycles. The molecule has 0 saturated carbocycles. The molecule has 0 saturated heterocycles. The van der Waals surface area contributed by atoms with Gasteiger partial charge in [0, 0.05) is 20.9 Å². The lowest BCUT2D eigenvalue weighted by molar-refractivity contribution is 0.869. The average Bonchev–Trinajstić information content (AvgIpc) is 3.59. The molecule has 8 aromatic rings. The van der Waals surface area contributed by atoms with Crippen molar-refractivity contribution in [1.29, 1.82) is 0 Å². The van der Waals surface area contributed by atoms with Crippen LogP contribution < -0.4 is 0 Å². The quantitative estimate of drug-likeness (QED) is 0.160. The Morgan fingerprint density at radius 3 is 2.14 bits per heavy atom. The summed E-state index contributed by atoms with van der Waals surface area (Å²) in [4.78, 5) is 1.42. The van der Waals surface area contributed by atoms with Crippen LogP contribution >= 0.6 is 11.3 Å². The maximum Gasteiger partial charge on any atom is 0.0358 e. The fraction of sp³-hybridized carbons (Fsp3) is 0.0800. The number of aryl methyl sites for hydroxylation is 1. The second-order valence-electron chi connectivity index (χ2n) is 13.9. The monoisotopic (exact) mass is 668 g/mol. The average molecular weight is 669 g/mol. The summed E-state index contributed by atoms with van der Waals surface area (Å²) >= 11 is 1.93. The maximum atomic E-state index is 2.51. The van der Waals surface area contributed by atoms with Crippen molar-refractivity contribution in [3.63, 3.8) is 0 Å². The highest BCUT2D eigenvalue weighted by Crippen LogP contribution is 2.48. The van der Waals surface area contributed by atoms with Gasteiger partial charge < -0.3 is 0 Å². The molecule has 1 heterocycles. The van der Waals surface area contributed by atoms with E-state index < -0.39 is 0 Å². The van der Waals surface area contributed by atoms with Gasteiger partial charge in [-0.15, -0.1) is 11.3 Å². The summed E-state index contributed by atoms with van der Waals surface area (Å²) in [5, 5.41) is 6.66. The predicted molar refractivity (Wildman–Crippen MR) is 221 cm³/mol. The summed E-state index contributed by atoms with van der Waals surface area (Å²) in [6.45, 7) is 0. The Hall–Kier alpha value is -5.76. The lowest BCUT2D eigenvalue weighted by Gasteiger charge is -2.24. The molecule has 2 aliphatic carbocycles. The largest absolute Gasteiger partial charge is 0.136 e. The van der Waals surface area contributed by atoms with Crippen molar-refractivity contribution in [2.24, 2.45) is 0 Å². The lowest BCUT2D eigenvalue weighted by Crippen LogP contribution is -2.02. The first-order valence-corrected chi connectivity index (χ1v) is 18.9. The van der Waals surface area contributed by atoms with Gasteiger partial charge in [0.15, 0.2) is 0 Å². The van der Waals surface area contributed by atoms with E-state index >= 15 is 0 Å². The zero-order valence-corrected chi connectivity index (χ0v) is 29.2. The van der Waals surface area contributed by atoms with Crippen LogP contribution in [0.25, 0.3) is 76.7 Å². The van der Waals surface area contributed by atoms with Crippen LogP contribution in [0.3, 0.4) is 0 Å². The number of thiophene rings is 1. The first-order chi connectivity index (χ1) is 25.3. The number of allylic oxidation sites excluding steroid dienone is 5. The highest BCUT2D eigenvalue weighted by molar-refractivity contribution is 7.20. The highest BCUT2D eigenvalue weighted by atomic mass is 32.1. The van der Waals surface area contributed by atoms with Crippen LogP contribution in [0.2, 0.25) is 0 Å². The Kier molecular flexibility index (Phi) is 7.40. The van der Waals surface area contributed by atoms with Gasteiger partial charge in [-0.1, -0.05) is 152 Å². The van der Waals surface area contributed by atoms with Crippen LogP contribution in [0, 0.1) is 0 Å². The molecule has 7 aromatic carbocycles. The topological polar surface area (TPSA) is 0 Å². The number of hydrogen-bond donors (Lipinski definition) is 0. The molecule has 0 radical (unpaired) electrons. The van der Waals surface area contributed by atoms with Crippen molar-refractivity contribution in [3.05, 3.63) is 191 Å². The third kappa shape index (κ3) is 5.20. The number of rotatable bonds is 5. The molecule has 0 fully saturated rings. The molecule has 0 bridgehead atoms. The van der Waals surface area contributed by atoms with E-state index in [9.17, 15) is 0 Å². The second kappa shape index (κ2) is 12.5. The highest BCUT2D eigenvalue weighted by Gasteiger charge is 2.23. The minimum Gasteiger partial charge on any atom is -0.136 e. The van der Waals surface area contributed by atoms with Crippen molar-refractivity contribution in [2.75, 3.05) is 0 Å². The van der Waals surface area contributed by atoms with E-state index in [1.54, 1.807) is 0 Å². The molecule has 1 unspecified atom stereocenters. The molecule has 0 amide bonds. The normalized spacial score (nSPS) is 15.4. The van der Waals surface area contributed by atoms with Crippen molar-refractivity contribution >= 4 is 54.6 Å². The molecule has 0 N–H and O–H groups in total. The van der Waals surface area contributed by atoms with E-state index in [2.05, 4.69) is 176 Å². The second-order valence-corrected chi connectivity index (χ2v) is 14.9. The Morgan fingerprint density at radius 1 is 0.549 bits per heavy atom. The van der Waals surface area contributed by atoms with Crippen molar-refractivity contribution in [1.82, 2.24) is 0 Å². The number of hydrogen-bond acceptors (Lipinski definition) is 1. The summed E-state index contributed by atoms with van der Waals surface area (Å²) < 4.78 is 1.38. The number of fused-ring (bicyclic) bond motifs is 5. The van der Waals surface area contributed by atoms with Gasteiger partial charge in [0.25, 0.3) is 0 Å². The molecule has 0 nitrogen and oxygen atoms in total. The SMILES string of the molecule is C1=CC(c2ccccc2)CC(c2c3ccccc3c(-c3cccc(-c4ccccc4)c3)c3ccc(-c4cccc5sc6c(c45)CCC=C6)cc23)=C1. The molecule has 51 heavy (non-hydrogen) atoms. The van der Waals surface area contributed by atoms with Gasteiger partial charge in [-0.2, -0.15) is 0 Å². The van der Waals surface area contributed by atoms with Crippen LogP contribution in [0.4, 0.5) is 0 Å². The van der Waals surface area contributed by atoms with Gasteiger partial charge in [-0.25, -0.2) is 0 Å². The van der Waals surface area contributed by atoms with Crippen molar-refractivity contribution in [3.8, 4) is 33.4 Å². The molecule has 0 spiro atoms. The lowest BCUT2D eigenvalue weighted by atomic mass is 9.79. The minimum atomic E-state index is 0.338. The fourth-order valence-electron chi connectivity index (χ4n) is 8.55. The van der Waals surface area contributed by atoms with Gasteiger partial charge >= 0.3 is 0 Å². The van der Waals surface area contributed by atoms with Gasteiger partial charge in [-0.3, -0.25) is 0 Å². The van der Waals surface area contributed by atoms with Crippen LogP contribution in [0.15, 0.2) is 170 Å². The summed E-state index contributed by atoms with van der Waals surface area (Å²) in [7, 11) is 0. The van der Waals surface area contributed by atoms with E-state index in [1.165, 1.54) is 92.2 Å². The molecule has 242 valence electrons. The van der Waals surface area contributed by atoms with Gasteiger partial charge in [0.05, 0.1) is 0 Å². The predicted octanol–water partition coefficient (Wildman–Crippen LogP) is 14.3. The summed E-state index contributed by atoms with van der Waals surface area (Å²) in [6.07, 6.45) is 14.9. The summed E-state index contributed by atoms with van der Waals surface area (Å²) in [5.41, 5.74) is 13.3. The zero-order chi connectivity index (χ0) is 33.7. The maximum absolute atomic E-state index is 2.51. The van der Waals surface area contributed by atoms with Gasteiger partial charge in [-0.05, 0) is 121 Å². The molecule has 1 atom stereocenters. The number of benzene rings is 7. The Bertz CT molecular complexity index is 2700. The summed E-state index contributed by atoms with van der Waals surface area (Å²) in [5.74, 6) is 0.338. The third-order valence-corrected chi connectivity index (χ3v) is 12.1. The van der Waals surface area contributed by atoms with E-state index in [-0.39, 0.29) is 0 Å². The first kappa shape index (κ1) is 30.1. The molecule has 2 aliphatic rings. The van der Waals surface area contributed by atoms with Crippen molar-refractivity contribution in [2.45, 2.75) is 25.2 Å². The zero-order valence-electron chi connectivity index (χ0n) is 28.4. The van der Waals surface area contributed by atoms with Crippen LogP contribution in [0.1, 0.15) is 40.3 Å². The van der Waals surface area contributed by atoms with Gasteiger partial charge in [0.2, 0.25) is 0 Å². The first-order valence-electron chi connectivity index (χ1n) is 18.1. The van der Waals surface area contributed by atoms with Crippen LogP contribution in [-0.4, -0.2) is 0 Å². The Balaban J connectivity index is 1.25. The molecule has 10 rings (SSSR count). The van der Waals surface area contributed by atoms with E-state index in [4.69, 9.17) is 0 Å². The minimum absolute atomic E-state index is 0.338. The van der Waals surface area contributed by atoms with E-state index in [1.807, 2.05) is 11.3 Å². The third-order valence-electron chi connectivity index (χ3n) is 10.9. The fourth-order valence-corrected chi connectivity index (χ4v) is 9.76. The van der Waals surface area contributed by atoms with E-state index in [0.29, 0.717) is 5.92 Å². The standard InChI is InChI=1S/C50H36S/c1-3-14-33(15-4-1)35-18-11-20-38(30-35)48-41-22-7-8-23-42(41)49(39-21-12-19-36(31-39)34-16-5-2-6-17-34)45-32-37(28-29-43(45)48)40-25-13-27-47-50(40)44-24-9-10-26-46(44)51-47/h1-8,10-23,25-30,32,36H,9,24,31H2. The molecule has 1 heteroatoms. The molecule has 1 aromatic heterocycles. The molecular weight excluding hydrogens is 633 g/mol. The Morgan fingerprint density at radius 2 is 1.27 bits per heavy atom. The van der Waals surface area contributed by atoms with Gasteiger partial charge in [0.1, 0.15) is 0 Å². The van der Waals surface area contributed by atoms with Crippen LogP contribution in [-0.2, 0) is 6.42 Å². The van der Waals surface area contributed by atoms with E-state index in [0.717, 1.165) is 19.3 Å². The Labute approximate surface area is 303 Å². The summed E-state index contributed by atoms with van der Waals surface area (Å²) in [6, 6.07) is 54.1.